The first kappa shape index (κ1) is 22.0. The second-order valence-corrected chi connectivity index (χ2v) is 8.73. The van der Waals surface area contributed by atoms with Gasteiger partial charge in [-0.2, -0.15) is 0 Å². The number of likely N-dealkylation sites (N-methyl/N-ethyl adjacent to an activating group) is 1. The summed E-state index contributed by atoms with van der Waals surface area (Å²) in [4.78, 5) is 25.3. The van der Waals surface area contributed by atoms with E-state index in [2.05, 4.69) is 26.7 Å². The monoisotopic (exact) mass is 412 g/mol. The summed E-state index contributed by atoms with van der Waals surface area (Å²) in [6.07, 6.45) is 4.25. The first-order valence-electron chi connectivity index (χ1n) is 10.3. The normalized spacial score (nSPS) is 13.7. The van der Waals surface area contributed by atoms with Crippen molar-refractivity contribution in [3.05, 3.63) is 41.7 Å². The number of pyridine rings is 2. The maximum atomic E-state index is 12.7. The Balaban J connectivity index is 1.73. The van der Waals surface area contributed by atoms with E-state index >= 15 is 0 Å². The summed E-state index contributed by atoms with van der Waals surface area (Å²) in [6, 6.07) is 5.79. The summed E-state index contributed by atoms with van der Waals surface area (Å²) in [5.74, 6) is 1.34. The van der Waals surface area contributed by atoms with Crippen LogP contribution in [0.3, 0.4) is 0 Å². The van der Waals surface area contributed by atoms with Gasteiger partial charge in [0.15, 0.2) is 0 Å². The molecule has 2 N–H and O–H groups in total. The Bertz CT molecular complexity index is 861. The number of ether oxygens (including phenoxy) is 1. The van der Waals surface area contributed by atoms with Crippen LogP contribution in [0.15, 0.2) is 30.6 Å². The van der Waals surface area contributed by atoms with Crippen LogP contribution in [0.2, 0.25) is 0 Å². The van der Waals surface area contributed by atoms with Gasteiger partial charge in [-0.05, 0) is 77.2 Å². The van der Waals surface area contributed by atoms with Crippen molar-refractivity contribution in [3.8, 4) is 0 Å². The molecule has 0 fully saturated rings. The van der Waals surface area contributed by atoms with E-state index in [1.54, 1.807) is 11.1 Å². The highest BCUT2D eigenvalue weighted by Crippen LogP contribution is 2.22. The molecule has 30 heavy (non-hydrogen) atoms. The third kappa shape index (κ3) is 6.14. The van der Waals surface area contributed by atoms with Crippen molar-refractivity contribution < 1.29 is 9.53 Å². The van der Waals surface area contributed by atoms with Crippen LogP contribution in [-0.4, -0.2) is 60.3 Å². The third-order valence-corrected chi connectivity index (χ3v) is 4.65. The molecule has 0 aliphatic carbocycles. The molecule has 3 rings (SSSR count). The minimum absolute atomic E-state index is 0.401. The minimum Gasteiger partial charge on any atom is -0.443 e. The topological polar surface area (TPSA) is 82.6 Å². The fourth-order valence-corrected chi connectivity index (χ4v) is 3.11. The van der Waals surface area contributed by atoms with E-state index in [1.165, 1.54) is 11.1 Å². The van der Waals surface area contributed by atoms with Gasteiger partial charge in [0, 0.05) is 25.8 Å². The van der Waals surface area contributed by atoms with E-state index in [0.717, 1.165) is 31.0 Å². The van der Waals surface area contributed by atoms with Crippen molar-refractivity contribution in [2.45, 2.75) is 39.3 Å². The van der Waals surface area contributed by atoms with Gasteiger partial charge in [-0.3, -0.25) is 4.90 Å². The summed E-state index contributed by atoms with van der Waals surface area (Å²) < 4.78 is 5.56. The molecule has 0 unspecified atom stereocenters. The molecule has 1 aliphatic heterocycles. The molecule has 0 saturated carbocycles. The zero-order chi connectivity index (χ0) is 21.7. The van der Waals surface area contributed by atoms with Crippen LogP contribution < -0.4 is 15.5 Å². The third-order valence-electron chi connectivity index (χ3n) is 4.65. The van der Waals surface area contributed by atoms with Crippen LogP contribution in [0.4, 0.5) is 22.1 Å². The molecular formula is C22H32N6O2. The number of fused-ring (bicyclic) bond motifs is 1. The number of anilines is 3. The van der Waals surface area contributed by atoms with Gasteiger partial charge in [0.05, 0.1) is 11.9 Å². The zero-order valence-electron chi connectivity index (χ0n) is 18.5. The van der Waals surface area contributed by atoms with Crippen LogP contribution in [0.25, 0.3) is 0 Å². The lowest BCUT2D eigenvalue weighted by molar-refractivity contribution is 0.0577. The predicted octanol–water partition coefficient (Wildman–Crippen LogP) is 3.17. The molecule has 0 bridgehead atoms. The zero-order valence-corrected chi connectivity index (χ0v) is 18.5. The standard InChI is InChI=1S/C22H32N6O2/c1-22(2,3)30-21(29)28(11-10-27(4)5)20-7-6-18(15-25-20)26-19-12-17-13-23-9-8-16(17)14-24-19/h6-7,12,14-15,23H,8-11,13H2,1-5H3,(H,24,26). The summed E-state index contributed by atoms with van der Waals surface area (Å²) in [5.41, 5.74) is 2.80. The Kier molecular flexibility index (Phi) is 6.89. The number of nitrogens with zero attached hydrogens (tertiary/aromatic N) is 4. The molecule has 0 spiro atoms. The minimum atomic E-state index is -0.568. The molecule has 0 radical (unpaired) electrons. The average Bonchev–Trinajstić information content (AvgIpc) is 2.67. The van der Waals surface area contributed by atoms with Gasteiger partial charge >= 0.3 is 6.09 Å². The molecule has 162 valence electrons. The second-order valence-electron chi connectivity index (χ2n) is 8.73. The number of hydrogen-bond acceptors (Lipinski definition) is 7. The molecule has 8 heteroatoms. The highest BCUT2D eigenvalue weighted by atomic mass is 16.6. The largest absolute Gasteiger partial charge is 0.443 e. The SMILES string of the molecule is CN(C)CCN(C(=O)OC(C)(C)C)c1ccc(Nc2cc3c(cn2)CCNC3)cn1. The van der Waals surface area contributed by atoms with Crippen molar-refractivity contribution in [3.63, 3.8) is 0 Å². The van der Waals surface area contributed by atoms with Crippen molar-refractivity contribution in [1.29, 1.82) is 0 Å². The summed E-state index contributed by atoms with van der Waals surface area (Å²) in [7, 11) is 3.93. The van der Waals surface area contributed by atoms with Gasteiger partial charge < -0.3 is 20.3 Å². The molecule has 0 aromatic carbocycles. The Labute approximate surface area is 178 Å². The van der Waals surface area contributed by atoms with Crippen molar-refractivity contribution in [1.82, 2.24) is 20.2 Å². The number of carbonyl (C=O) groups excluding carboxylic acids is 1. The average molecular weight is 413 g/mol. The van der Waals surface area contributed by atoms with E-state index in [-0.39, 0.29) is 0 Å². The van der Waals surface area contributed by atoms with E-state index in [0.29, 0.717) is 18.9 Å². The van der Waals surface area contributed by atoms with Gasteiger partial charge in [-0.25, -0.2) is 14.8 Å². The van der Waals surface area contributed by atoms with Crippen LogP contribution in [0.1, 0.15) is 31.9 Å². The molecule has 8 nitrogen and oxygen atoms in total. The Morgan fingerprint density at radius 3 is 2.63 bits per heavy atom. The van der Waals surface area contributed by atoms with Crippen molar-refractivity contribution in [2.75, 3.05) is 43.9 Å². The number of rotatable bonds is 6. The Morgan fingerprint density at radius 1 is 1.17 bits per heavy atom. The van der Waals surface area contributed by atoms with E-state index in [4.69, 9.17) is 4.74 Å². The lowest BCUT2D eigenvalue weighted by Gasteiger charge is -2.27. The van der Waals surface area contributed by atoms with E-state index < -0.39 is 11.7 Å². The molecule has 2 aromatic heterocycles. The lowest BCUT2D eigenvalue weighted by atomic mass is 10.0. The van der Waals surface area contributed by atoms with Gasteiger partial charge in [-0.15, -0.1) is 0 Å². The van der Waals surface area contributed by atoms with Crippen LogP contribution in [-0.2, 0) is 17.7 Å². The molecule has 1 aliphatic rings. The number of amides is 1. The van der Waals surface area contributed by atoms with E-state index in [1.807, 2.05) is 58.1 Å². The van der Waals surface area contributed by atoms with Gasteiger partial charge in [0.1, 0.15) is 17.2 Å². The van der Waals surface area contributed by atoms with Gasteiger partial charge in [0.2, 0.25) is 0 Å². The maximum absolute atomic E-state index is 12.7. The van der Waals surface area contributed by atoms with Gasteiger partial charge in [-0.1, -0.05) is 0 Å². The fourth-order valence-electron chi connectivity index (χ4n) is 3.11. The van der Waals surface area contributed by atoms with Crippen molar-refractivity contribution in [2.24, 2.45) is 0 Å². The van der Waals surface area contributed by atoms with Crippen LogP contribution >= 0.6 is 0 Å². The van der Waals surface area contributed by atoms with Gasteiger partial charge in [0.25, 0.3) is 0 Å². The molecule has 3 heterocycles. The Morgan fingerprint density at radius 2 is 1.97 bits per heavy atom. The van der Waals surface area contributed by atoms with E-state index in [9.17, 15) is 4.79 Å². The number of aromatic nitrogens is 2. The molecule has 2 aromatic rings. The lowest BCUT2D eigenvalue weighted by Crippen LogP contribution is -2.40. The number of carbonyl (C=O) groups is 1. The summed E-state index contributed by atoms with van der Waals surface area (Å²) in [5, 5.41) is 6.67. The molecular weight excluding hydrogens is 380 g/mol. The van der Waals surface area contributed by atoms with Crippen LogP contribution in [0.5, 0.6) is 0 Å². The molecule has 0 saturated heterocycles. The smallest absolute Gasteiger partial charge is 0.416 e. The van der Waals surface area contributed by atoms with Crippen molar-refractivity contribution >= 4 is 23.4 Å². The predicted molar refractivity (Wildman–Crippen MR) is 119 cm³/mol. The Hall–Kier alpha value is -2.71. The highest BCUT2D eigenvalue weighted by Gasteiger charge is 2.24. The number of hydrogen-bond donors (Lipinski definition) is 2. The first-order valence-corrected chi connectivity index (χ1v) is 10.3. The van der Waals surface area contributed by atoms with Crippen LogP contribution in [0, 0.1) is 0 Å². The number of nitrogens with one attached hydrogen (secondary N) is 2. The maximum Gasteiger partial charge on any atom is 0.416 e. The summed E-state index contributed by atoms with van der Waals surface area (Å²) in [6.45, 7) is 8.62. The summed E-state index contributed by atoms with van der Waals surface area (Å²) >= 11 is 0. The highest BCUT2D eigenvalue weighted by molar-refractivity contribution is 5.86. The first-order chi connectivity index (χ1) is 14.2. The second kappa shape index (κ2) is 9.40. The molecule has 0 atom stereocenters. The fraction of sp³-hybridized carbons (Fsp3) is 0.500. The quantitative estimate of drug-likeness (QED) is 0.754. The molecule has 1 amide bonds.